The average Bonchev–Trinajstić information content (AvgIpc) is 2.27. The molecule has 0 fully saturated rings. The maximum Gasteiger partial charge on any atom is 0.333 e. The van der Waals surface area contributed by atoms with Gasteiger partial charge in [0.15, 0.2) is 0 Å². The monoisotopic (exact) mass is 223 g/mol. The summed E-state index contributed by atoms with van der Waals surface area (Å²) in [5.74, 6) is -1.31. The van der Waals surface area contributed by atoms with E-state index >= 15 is 0 Å². The van der Waals surface area contributed by atoms with Crippen LogP contribution in [0.2, 0.25) is 0 Å². The normalized spacial score (nSPS) is 11.8. The molecule has 0 aliphatic rings. The quantitative estimate of drug-likeness (QED) is 0.454. The van der Waals surface area contributed by atoms with Crippen molar-refractivity contribution in [2.24, 2.45) is 0 Å². The number of hydrogen-bond acceptors (Lipinski definition) is 4. The lowest BCUT2D eigenvalue weighted by atomic mass is 10.0. The summed E-state index contributed by atoms with van der Waals surface area (Å²) in [4.78, 5) is 20.3. The number of aliphatic carboxylic acids is 1. The molecule has 1 aromatic carbocycles. The number of aliphatic hydroxyl groups is 1. The van der Waals surface area contributed by atoms with Crippen molar-refractivity contribution in [1.82, 2.24) is 0 Å². The molecule has 1 aromatic rings. The van der Waals surface area contributed by atoms with Gasteiger partial charge in [0.2, 0.25) is 0 Å². The SMILES string of the molecule is C=C(C(=O)O)[C@H](O)c1ccc([N+](=O)[O-])cc1. The van der Waals surface area contributed by atoms with Gasteiger partial charge in [-0.15, -0.1) is 0 Å². The third kappa shape index (κ3) is 2.43. The van der Waals surface area contributed by atoms with Crippen LogP contribution in [0.25, 0.3) is 0 Å². The summed E-state index contributed by atoms with van der Waals surface area (Å²) in [6.45, 7) is 3.20. The van der Waals surface area contributed by atoms with Gasteiger partial charge in [0.1, 0.15) is 6.10 Å². The lowest BCUT2D eigenvalue weighted by molar-refractivity contribution is -0.384. The molecule has 0 radical (unpaired) electrons. The van der Waals surface area contributed by atoms with Crippen molar-refractivity contribution in [3.8, 4) is 0 Å². The standard InChI is InChI=1S/C10H9NO5/c1-6(10(13)14)9(12)7-2-4-8(5-3-7)11(15)16/h2-5,9,12H,1H2,(H,13,14)/t9-/m0/s1. The van der Waals surface area contributed by atoms with E-state index in [0.29, 0.717) is 0 Å². The first-order chi connectivity index (χ1) is 7.43. The smallest absolute Gasteiger partial charge is 0.333 e. The molecule has 16 heavy (non-hydrogen) atoms. The number of rotatable bonds is 4. The maximum absolute atomic E-state index is 10.5. The Labute approximate surface area is 90.6 Å². The number of hydrogen-bond donors (Lipinski definition) is 2. The van der Waals surface area contributed by atoms with Crippen molar-refractivity contribution >= 4 is 11.7 Å². The molecule has 0 heterocycles. The summed E-state index contributed by atoms with van der Waals surface area (Å²) in [7, 11) is 0. The molecule has 0 aromatic heterocycles. The van der Waals surface area contributed by atoms with Crippen LogP contribution in [-0.2, 0) is 4.79 Å². The molecule has 0 bridgehead atoms. The van der Waals surface area contributed by atoms with Crippen LogP contribution in [-0.4, -0.2) is 21.1 Å². The molecule has 84 valence electrons. The Morgan fingerprint density at radius 3 is 2.25 bits per heavy atom. The van der Waals surface area contributed by atoms with E-state index < -0.39 is 17.0 Å². The second-order valence-electron chi connectivity index (χ2n) is 3.08. The van der Waals surface area contributed by atoms with E-state index in [2.05, 4.69) is 6.58 Å². The molecule has 0 spiro atoms. The number of carboxylic acid groups (broad SMARTS) is 1. The minimum atomic E-state index is -1.36. The first kappa shape index (κ1) is 11.9. The van der Waals surface area contributed by atoms with E-state index in [9.17, 15) is 20.0 Å². The fourth-order valence-electron chi connectivity index (χ4n) is 1.10. The zero-order valence-electron chi connectivity index (χ0n) is 8.16. The molecule has 0 aliphatic carbocycles. The number of non-ortho nitro benzene ring substituents is 1. The summed E-state index contributed by atoms with van der Waals surface area (Å²) in [5, 5.41) is 28.5. The maximum atomic E-state index is 10.5. The highest BCUT2D eigenvalue weighted by Crippen LogP contribution is 2.22. The lowest BCUT2D eigenvalue weighted by Gasteiger charge is -2.09. The first-order valence-corrected chi connectivity index (χ1v) is 4.28. The van der Waals surface area contributed by atoms with Gasteiger partial charge in [0, 0.05) is 12.1 Å². The minimum absolute atomic E-state index is 0.128. The van der Waals surface area contributed by atoms with Crippen molar-refractivity contribution in [3.63, 3.8) is 0 Å². The summed E-state index contributed by atoms with van der Waals surface area (Å²) >= 11 is 0. The van der Waals surface area contributed by atoms with E-state index in [-0.39, 0.29) is 16.8 Å². The van der Waals surface area contributed by atoms with Gasteiger partial charge < -0.3 is 10.2 Å². The molecular weight excluding hydrogens is 214 g/mol. The van der Waals surface area contributed by atoms with Crippen LogP contribution in [0.15, 0.2) is 36.4 Å². The van der Waals surface area contributed by atoms with Gasteiger partial charge in [-0.2, -0.15) is 0 Å². The number of benzene rings is 1. The van der Waals surface area contributed by atoms with E-state index in [1.54, 1.807) is 0 Å². The molecule has 6 nitrogen and oxygen atoms in total. The Kier molecular flexibility index (Phi) is 3.37. The number of nitro groups is 1. The van der Waals surface area contributed by atoms with Crippen molar-refractivity contribution in [2.75, 3.05) is 0 Å². The number of carboxylic acids is 1. The highest BCUT2D eigenvalue weighted by molar-refractivity contribution is 5.87. The Balaban J connectivity index is 2.94. The fourth-order valence-corrected chi connectivity index (χ4v) is 1.10. The second-order valence-corrected chi connectivity index (χ2v) is 3.08. The molecule has 1 rings (SSSR count). The lowest BCUT2D eigenvalue weighted by Crippen LogP contribution is -2.09. The van der Waals surface area contributed by atoms with Gasteiger partial charge in [-0.1, -0.05) is 6.58 Å². The molecule has 0 unspecified atom stereocenters. The van der Waals surface area contributed by atoms with Crippen LogP contribution in [0.4, 0.5) is 5.69 Å². The van der Waals surface area contributed by atoms with Crippen molar-refractivity contribution in [3.05, 3.63) is 52.1 Å². The molecule has 0 aliphatic heterocycles. The summed E-state index contributed by atoms with van der Waals surface area (Å²) < 4.78 is 0. The highest BCUT2D eigenvalue weighted by atomic mass is 16.6. The predicted molar refractivity (Wildman–Crippen MR) is 54.8 cm³/mol. The minimum Gasteiger partial charge on any atom is -0.478 e. The molecule has 0 saturated heterocycles. The Morgan fingerprint density at radius 1 is 1.38 bits per heavy atom. The van der Waals surface area contributed by atoms with Crippen LogP contribution in [0.3, 0.4) is 0 Å². The topological polar surface area (TPSA) is 101 Å². The van der Waals surface area contributed by atoms with Crippen molar-refractivity contribution < 1.29 is 19.9 Å². The zero-order chi connectivity index (χ0) is 12.3. The molecule has 2 N–H and O–H groups in total. The van der Waals surface area contributed by atoms with Gasteiger partial charge in [-0.3, -0.25) is 10.1 Å². The van der Waals surface area contributed by atoms with E-state index in [4.69, 9.17) is 5.11 Å². The Bertz CT molecular complexity index is 437. The fraction of sp³-hybridized carbons (Fsp3) is 0.100. The van der Waals surface area contributed by atoms with Crippen LogP contribution >= 0.6 is 0 Å². The summed E-state index contributed by atoms with van der Waals surface area (Å²) in [5.41, 5.74) is -0.260. The van der Waals surface area contributed by atoms with Gasteiger partial charge in [0.05, 0.1) is 10.5 Å². The average molecular weight is 223 g/mol. The Hall–Kier alpha value is -2.21. The third-order valence-electron chi connectivity index (χ3n) is 2.02. The molecular formula is C10H9NO5. The predicted octanol–water partition coefficient (Wildman–Crippen LogP) is 1.27. The number of nitro benzene ring substituents is 1. The van der Waals surface area contributed by atoms with E-state index in [1.165, 1.54) is 24.3 Å². The van der Waals surface area contributed by atoms with E-state index in [0.717, 1.165) is 0 Å². The number of carbonyl (C=O) groups is 1. The third-order valence-corrected chi connectivity index (χ3v) is 2.02. The number of nitrogens with zero attached hydrogens (tertiary/aromatic N) is 1. The van der Waals surface area contributed by atoms with Crippen LogP contribution in [0.5, 0.6) is 0 Å². The van der Waals surface area contributed by atoms with Crippen LogP contribution < -0.4 is 0 Å². The van der Waals surface area contributed by atoms with E-state index in [1.807, 2.05) is 0 Å². The highest BCUT2D eigenvalue weighted by Gasteiger charge is 2.18. The molecule has 0 saturated carbocycles. The van der Waals surface area contributed by atoms with Crippen molar-refractivity contribution in [1.29, 1.82) is 0 Å². The van der Waals surface area contributed by atoms with Crippen LogP contribution in [0.1, 0.15) is 11.7 Å². The van der Waals surface area contributed by atoms with Crippen molar-refractivity contribution in [2.45, 2.75) is 6.10 Å². The van der Waals surface area contributed by atoms with Gasteiger partial charge in [0.25, 0.3) is 5.69 Å². The largest absolute Gasteiger partial charge is 0.478 e. The van der Waals surface area contributed by atoms with Gasteiger partial charge in [-0.25, -0.2) is 4.79 Å². The van der Waals surface area contributed by atoms with Gasteiger partial charge >= 0.3 is 5.97 Å². The summed E-state index contributed by atoms with van der Waals surface area (Å²) in [6, 6.07) is 4.95. The van der Waals surface area contributed by atoms with Crippen LogP contribution in [0, 0.1) is 10.1 Å². The molecule has 0 amide bonds. The Morgan fingerprint density at radius 2 is 1.88 bits per heavy atom. The zero-order valence-corrected chi connectivity index (χ0v) is 8.16. The molecule has 1 atom stereocenters. The van der Waals surface area contributed by atoms with Gasteiger partial charge in [-0.05, 0) is 17.7 Å². The molecule has 6 heteroatoms. The summed E-state index contributed by atoms with van der Waals surface area (Å²) in [6.07, 6.45) is -1.36. The second kappa shape index (κ2) is 4.54. The number of aliphatic hydroxyl groups excluding tert-OH is 1. The first-order valence-electron chi connectivity index (χ1n) is 4.28.